The fraction of sp³-hybridized carbons (Fsp3) is 0.900. The summed E-state index contributed by atoms with van der Waals surface area (Å²) in [5.41, 5.74) is 5.91. The van der Waals surface area contributed by atoms with Gasteiger partial charge in [-0.05, 0) is 18.8 Å². The molecule has 4 nitrogen and oxygen atoms in total. The summed E-state index contributed by atoms with van der Waals surface area (Å²) in [4.78, 5) is 11.1. The van der Waals surface area contributed by atoms with E-state index in [1.165, 1.54) is 7.11 Å². The molecule has 0 aromatic carbocycles. The molecule has 1 aliphatic rings. The average molecular weight is 200 g/mol. The molecule has 0 bridgehead atoms. The fourth-order valence-corrected chi connectivity index (χ4v) is 1.73. The number of ether oxygens (including phenoxy) is 1. The molecule has 0 spiro atoms. The van der Waals surface area contributed by atoms with E-state index in [9.17, 15) is 4.79 Å². The molecule has 0 unspecified atom stereocenters. The molecule has 4 heteroatoms. The molecule has 14 heavy (non-hydrogen) atoms. The van der Waals surface area contributed by atoms with Gasteiger partial charge >= 0.3 is 6.09 Å². The first-order valence-electron chi connectivity index (χ1n) is 5.17. The van der Waals surface area contributed by atoms with E-state index in [1.54, 1.807) is 0 Å². The zero-order valence-corrected chi connectivity index (χ0v) is 9.17. The highest BCUT2D eigenvalue weighted by molar-refractivity contribution is 5.67. The highest BCUT2D eigenvalue weighted by Crippen LogP contribution is 2.39. The van der Waals surface area contributed by atoms with Crippen LogP contribution >= 0.6 is 0 Å². The van der Waals surface area contributed by atoms with Crippen molar-refractivity contribution in [3.05, 3.63) is 0 Å². The molecule has 1 amide bonds. The van der Waals surface area contributed by atoms with E-state index in [-0.39, 0.29) is 17.7 Å². The third kappa shape index (κ3) is 2.38. The lowest BCUT2D eigenvalue weighted by Gasteiger charge is -2.29. The van der Waals surface area contributed by atoms with Gasteiger partial charge in [-0.1, -0.05) is 20.3 Å². The van der Waals surface area contributed by atoms with Crippen LogP contribution in [0, 0.1) is 5.92 Å². The molecule has 1 saturated carbocycles. The third-order valence-corrected chi connectivity index (χ3v) is 3.12. The normalized spacial score (nSPS) is 22.3. The van der Waals surface area contributed by atoms with Crippen LogP contribution in [0.25, 0.3) is 0 Å². The summed E-state index contributed by atoms with van der Waals surface area (Å²) in [6, 6.07) is 0.0416. The summed E-state index contributed by atoms with van der Waals surface area (Å²) < 4.78 is 4.59. The molecule has 82 valence electrons. The summed E-state index contributed by atoms with van der Waals surface area (Å²) in [7, 11) is 1.37. The highest BCUT2D eigenvalue weighted by atomic mass is 16.5. The predicted molar refractivity (Wildman–Crippen MR) is 54.9 cm³/mol. The number of nitrogens with two attached hydrogens (primary N) is 1. The second-order valence-corrected chi connectivity index (χ2v) is 4.23. The van der Waals surface area contributed by atoms with Crippen LogP contribution in [0.3, 0.4) is 0 Å². The Morgan fingerprint density at radius 1 is 1.64 bits per heavy atom. The predicted octanol–water partition coefficient (Wildman–Crippen LogP) is 1.25. The number of alkyl carbamates (subject to hydrolysis) is 1. The van der Waals surface area contributed by atoms with Gasteiger partial charge in [0.15, 0.2) is 0 Å². The van der Waals surface area contributed by atoms with Crippen molar-refractivity contribution in [3.63, 3.8) is 0 Å². The van der Waals surface area contributed by atoms with Crippen molar-refractivity contribution in [3.8, 4) is 0 Å². The van der Waals surface area contributed by atoms with Gasteiger partial charge in [-0.2, -0.15) is 0 Å². The number of hydrogen-bond donors (Lipinski definition) is 2. The Labute approximate surface area is 85.2 Å². The number of hydrogen-bond acceptors (Lipinski definition) is 3. The second-order valence-electron chi connectivity index (χ2n) is 4.23. The van der Waals surface area contributed by atoms with Gasteiger partial charge in [-0.15, -0.1) is 0 Å². The lowest BCUT2D eigenvalue weighted by atomic mass is 9.91. The van der Waals surface area contributed by atoms with Gasteiger partial charge in [0.05, 0.1) is 13.2 Å². The molecule has 0 aromatic rings. The van der Waals surface area contributed by atoms with Gasteiger partial charge in [0.2, 0.25) is 0 Å². The molecule has 0 aliphatic heterocycles. The number of amides is 1. The van der Waals surface area contributed by atoms with Crippen molar-refractivity contribution in [2.24, 2.45) is 11.7 Å². The van der Waals surface area contributed by atoms with Gasteiger partial charge in [0.25, 0.3) is 0 Å². The van der Waals surface area contributed by atoms with E-state index in [0.29, 0.717) is 5.92 Å². The molecule has 1 aliphatic carbocycles. The molecule has 1 rings (SSSR count). The molecule has 0 saturated heterocycles. The van der Waals surface area contributed by atoms with Crippen molar-refractivity contribution in [2.75, 3.05) is 7.11 Å². The molecule has 2 atom stereocenters. The largest absolute Gasteiger partial charge is 0.453 e. The Balaban J connectivity index is 2.58. The maximum Gasteiger partial charge on any atom is 0.407 e. The summed E-state index contributed by atoms with van der Waals surface area (Å²) >= 11 is 0. The van der Waals surface area contributed by atoms with Crippen LogP contribution in [0.15, 0.2) is 0 Å². The van der Waals surface area contributed by atoms with Crippen LogP contribution in [-0.2, 0) is 4.74 Å². The molecule has 0 radical (unpaired) electrons. The van der Waals surface area contributed by atoms with Crippen molar-refractivity contribution in [1.82, 2.24) is 5.32 Å². The van der Waals surface area contributed by atoms with E-state index in [4.69, 9.17) is 5.73 Å². The van der Waals surface area contributed by atoms with Gasteiger partial charge in [0.1, 0.15) is 0 Å². The molecular weight excluding hydrogens is 180 g/mol. The van der Waals surface area contributed by atoms with Gasteiger partial charge < -0.3 is 15.8 Å². The van der Waals surface area contributed by atoms with Crippen LogP contribution in [0.2, 0.25) is 0 Å². The van der Waals surface area contributed by atoms with Crippen LogP contribution in [0.1, 0.15) is 33.1 Å². The first-order valence-corrected chi connectivity index (χ1v) is 5.17. The van der Waals surface area contributed by atoms with Gasteiger partial charge in [-0.25, -0.2) is 4.79 Å². The summed E-state index contributed by atoms with van der Waals surface area (Å²) in [6.45, 7) is 4.20. The first-order chi connectivity index (χ1) is 6.53. The lowest BCUT2D eigenvalue weighted by molar-refractivity contribution is 0.157. The Morgan fingerprint density at radius 2 is 2.21 bits per heavy atom. The summed E-state index contributed by atoms with van der Waals surface area (Å²) in [5.74, 6) is 0.390. The maximum absolute atomic E-state index is 11.1. The minimum absolute atomic E-state index is 0.0416. The highest BCUT2D eigenvalue weighted by Gasteiger charge is 2.48. The van der Waals surface area contributed by atoms with E-state index >= 15 is 0 Å². The van der Waals surface area contributed by atoms with Crippen LogP contribution in [-0.4, -0.2) is 24.8 Å². The van der Waals surface area contributed by atoms with Crippen molar-refractivity contribution in [1.29, 1.82) is 0 Å². The Morgan fingerprint density at radius 3 is 2.57 bits per heavy atom. The Bertz CT molecular complexity index is 214. The molecule has 1 fully saturated rings. The standard InChI is InChI=1S/C10H20N2O2/c1-4-7(2)8(10(11)5-6-10)12-9(13)14-3/h7-8H,4-6,11H2,1-3H3,(H,12,13)/t7-,8-/m0/s1. The average Bonchev–Trinajstić information content (AvgIpc) is 2.92. The van der Waals surface area contributed by atoms with E-state index in [1.807, 2.05) is 0 Å². The first kappa shape index (κ1) is 11.3. The van der Waals surface area contributed by atoms with E-state index in [2.05, 4.69) is 23.9 Å². The summed E-state index contributed by atoms with van der Waals surface area (Å²) in [6.07, 6.45) is 2.61. The number of rotatable bonds is 4. The minimum atomic E-state index is -0.382. The maximum atomic E-state index is 11.1. The Hall–Kier alpha value is -0.770. The van der Waals surface area contributed by atoms with Crippen molar-refractivity contribution < 1.29 is 9.53 Å². The smallest absolute Gasteiger partial charge is 0.407 e. The quantitative estimate of drug-likeness (QED) is 0.717. The van der Waals surface area contributed by atoms with Gasteiger partial charge in [0, 0.05) is 5.54 Å². The number of methoxy groups -OCH3 is 1. The number of nitrogens with one attached hydrogen (secondary N) is 1. The van der Waals surface area contributed by atoms with E-state index < -0.39 is 0 Å². The Kier molecular flexibility index (Phi) is 3.37. The van der Waals surface area contributed by atoms with Crippen LogP contribution in [0.5, 0.6) is 0 Å². The second kappa shape index (κ2) is 4.17. The fourth-order valence-electron chi connectivity index (χ4n) is 1.73. The number of carbonyl (C=O) groups excluding carboxylic acids is 1. The third-order valence-electron chi connectivity index (χ3n) is 3.12. The monoisotopic (exact) mass is 200 g/mol. The van der Waals surface area contributed by atoms with Gasteiger partial charge in [-0.3, -0.25) is 0 Å². The SMILES string of the molecule is CC[C@H](C)[C@H](NC(=O)OC)C1(N)CC1. The zero-order chi connectivity index (χ0) is 10.8. The number of carbonyl (C=O) groups is 1. The molecule has 3 N–H and O–H groups in total. The van der Waals surface area contributed by atoms with Crippen LogP contribution < -0.4 is 11.1 Å². The molecular formula is C10H20N2O2. The van der Waals surface area contributed by atoms with Crippen LogP contribution in [0.4, 0.5) is 4.79 Å². The topological polar surface area (TPSA) is 64.3 Å². The van der Waals surface area contributed by atoms with Crippen molar-refractivity contribution in [2.45, 2.75) is 44.7 Å². The molecule has 0 heterocycles. The zero-order valence-electron chi connectivity index (χ0n) is 9.17. The van der Waals surface area contributed by atoms with Crippen molar-refractivity contribution >= 4 is 6.09 Å². The molecule has 0 aromatic heterocycles. The van der Waals surface area contributed by atoms with E-state index in [0.717, 1.165) is 19.3 Å². The lowest BCUT2D eigenvalue weighted by Crippen LogP contribution is -2.53. The minimum Gasteiger partial charge on any atom is -0.453 e. The summed E-state index contributed by atoms with van der Waals surface area (Å²) in [5, 5.41) is 2.83.